The minimum Gasteiger partial charge on any atom is -0.279 e. The molecule has 0 unspecified atom stereocenters. The summed E-state index contributed by atoms with van der Waals surface area (Å²) >= 11 is 0. The third kappa shape index (κ3) is 1.45. The summed E-state index contributed by atoms with van der Waals surface area (Å²) in [5, 5.41) is 0. The topological polar surface area (TPSA) is 46.2 Å². The van der Waals surface area contributed by atoms with Crippen LogP contribution in [0.15, 0.2) is 47.4 Å². The van der Waals surface area contributed by atoms with Gasteiger partial charge in [0.1, 0.15) is 0 Å². The molecule has 0 aromatic heterocycles. The molecule has 0 bridgehead atoms. The highest BCUT2D eigenvalue weighted by atomic mass is 32.2. The fourth-order valence-corrected chi connectivity index (χ4v) is 3.75. The van der Waals surface area contributed by atoms with E-state index in [0.29, 0.717) is 10.6 Å². The van der Waals surface area contributed by atoms with Crippen molar-refractivity contribution in [2.24, 2.45) is 0 Å². The molecule has 17 heavy (non-hydrogen) atoms. The van der Waals surface area contributed by atoms with Gasteiger partial charge in [0.05, 0.1) is 10.6 Å². The summed E-state index contributed by atoms with van der Waals surface area (Å²) in [4.78, 5) is 0.388. The van der Waals surface area contributed by atoms with E-state index in [1.54, 1.807) is 6.07 Å². The zero-order valence-electron chi connectivity index (χ0n) is 9.27. The molecule has 0 saturated carbocycles. The lowest BCUT2D eigenvalue weighted by atomic mass is 10.0. The molecule has 0 fully saturated rings. The maximum atomic E-state index is 12.1. The maximum Gasteiger partial charge on any atom is 0.262 e. The maximum absolute atomic E-state index is 12.1. The number of nitrogens with one attached hydrogen (secondary N) is 1. The van der Waals surface area contributed by atoms with E-state index in [4.69, 9.17) is 0 Å². The molecule has 1 aliphatic rings. The Bertz CT molecular complexity index is 705. The number of hydrogen-bond acceptors (Lipinski definition) is 2. The van der Waals surface area contributed by atoms with E-state index < -0.39 is 10.0 Å². The van der Waals surface area contributed by atoms with Crippen LogP contribution in [0.3, 0.4) is 0 Å². The lowest BCUT2D eigenvalue weighted by Gasteiger charge is -2.22. The van der Waals surface area contributed by atoms with Crippen molar-refractivity contribution in [2.45, 2.75) is 11.8 Å². The van der Waals surface area contributed by atoms with Crippen LogP contribution in [-0.4, -0.2) is 8.42 Å². The van der Waals surface area contributed by atoms with E-state index in [9.17, 15) is 8.42 Å². The molecule has 0 radical (unpaired) electrons. The molecule has 2 aromatic carbocycles. The van der Waals surface area contributed by atoms with E-state index in [-0.39, 0.29) is 0 Å². The molecule has 1 aliphatic heterocycles. The number of aryl methyl sites for hydroxylation is 1. The van der Waals surface area contributed by atoms with Gasteiger partial charge in [0.25, 0.3) is 10.0 Å². The van der Waals surface area contributed by atoms with Crippen LogP contribution in [0.4, 0.5) is 5.69 Å². The van der Waals surface area contributed by atoms with Crippen molar-refractivity contribution in [3.05, 3.63) is 48.0 Å². The van der Waals surface area contributed by atoms with Crippen LogP contribution in [0.5, 0.6) is 0 Å². The quantitative estimate of drug-likeness (QED) is 0.775. The second-order valence-corrected chi connectivity index (χ2v) is 5.72. The van der Waals surface area contributed by atoms with E-state index in [1.165, 1.54) is 0 Å². The molecule has 4 heteroatoms. The molecule has 0 atom stereocenters. The smallest absolute Gasteiger partial charge is 0.262 e. The Morgan fingerprint density at radius 3 is 2.47 bits per heavy atom. The summed E-state index contributed by atoms with van der Waals surface area (Å²) in [6.07, 6.45) is 0. The third-order valence-electron chi connectivity index (χ3n) is 2.94. The summed E-state index contributed by atoms with van der Waals surface area (Å²) in [6.45, 7) is 1.81. The van der Waals surface area contributed by atoms with Crippen molar-refractivity contribution >= 4 is 15.7 Å². The standard InChI is InChI=1S/C13H11NO2S/c1-9-5-4-7-11-10-6-2-3-8-12(10)14-17(15,16)13(9)11/h2-8,14H,1H3. The van der Waals surface area contributed by atoms with E-state index in [0.717, 1.165) is 16.7 Å². The number of sulfonamides is 1. The molecule has 3 rings (SSSR count). The predicted molar refractivity (Wildman–Crippen MR) is 67.4 cm³/mol. The molecule has 86 valence electrons. The molecular formula is C13H11NO2S. The average molecular weight is 245 g/mol. The minimum absolute atomic E-state index is 0.388. The Hall–Kier alpha value is -1.81. The summed E-state index contributed by atoms with van der Waals surface area (Å²) in [5.41, 5.74) is 3.12. The number of hydrogen-bond donors (Lipinski definition) is 1. The number of fused-ring (bicyclic) bond motifs is 3. The van der Waals surface area contributed by atoms with Gasteiger partial charge in [0.15, 0.2) is 0 Å². The fourth-order valence-electron chi connectivity index (χ4n) is 2.22. The Balaban J connectivity index is 2.46. The minimum atomic E-state index is -3.44. The van der Waals surface area contributed by atoms with Gasteiger partial charge in [0.2, 0.25) is 0 Å². The first kappa shape index (κ1) is 10.4. The second kappa shape index (κ2) is 3.34. The van der Waals surface area contributed by atoms with Gasteiger partial charge in [-0.25, -0.2) is 8.42 Å². The molecule has 1 heterocycles. The monoisotopic (exact) mass is 245 g/mol. The molecule has 0 amide bonds. The van der Waals surface area contributed by atoms with E-state index in [1.807, 2.05) is 43.3 Å². The number of benzene rings is 2. The summed E-state index contributed by atoms with van der Waals surface area (Å²) in [5.74, 6) is 0. The van der Waals surface area contributed by atoms with Crippen LogP contribution in [0.25, 0.3) is 11.1 Å². The van der Waals surface area contributed by atoms with Gasteiger partial charge >= 0.3 is 0 Å². The van der Waals surface area contributed by atoms with Crippen molar-refractivity contribution in [3.63, 3.8) is 0 Å². The zero-order chi connectivity index (χ0) is 12.0. The Kier molecular flexibility index (Phi) is 2.03. The van der Waals surface area contributed by atoms with E-state index in [2.05, 4.69) is 4.72 Å². The van der Waals surface area contributed by atoms with Crippen LogP contribution >= 0.6 is 0 Å². The van der Waals surface area contributed by atoms with Crippen LogP contribution in [0.1, 0.15) is 5.56 Å². The highest BCUT2D eigenvalue weighted by Gasteiger charge is 2.28. The van der Waals surface area contributed by atoms with E-state index >= 15 is 0 Å². The predicted octanol–water partition coefficient (Wildman–Crippen LogP) is 2.78. The Morgan fingerprint density at radius 2 is 1.65 bits per heavy atom. The van der Waals surface area contributed by atoms with Crippen molar-refractivity contribution in [3.8, 4) is 11.1 Å². The zero-order valence-corrected chi connectivity index (χ0v) is 10.1. The van der Waals surface area contributed by atoms with Gasteiger partial charge < -0.3 is 0 Å². The van der Waals surface area contributed by atoms with Crippen molar-refractivity contribution in [1.29, 1.82) is 0 Å². The van der Waals surface area contributed by atoms with Gasteiger partial charge in [-0.1, -0.05) is 36.4 Å². The van der Waals surface area contributed by atoms with Crippen LogP contribution in [-0.2, 0) is 10.0 Å². The van der Waals surface area contributed by atoms with Gasteiger partial charge in [-0.3, -0.25) is 4.72 Å². The highest BCUT2D eigenvalue weighted by molar-refractivity contribution is 7.93. The molecule has 0 saturated heterocycles. The second-order valence-electron chi connectivity index (χ2n) is 4.10. The molecule has 0 aliphatic carbocycles. The van der Waals surface area contributed by atoms with Crippen molar-refractivity contribution in [1.82, 2.24) is 0 Å². The Labute approximate surface area is 100 Å². The molecule has 2 aromatic rings. The van der Waals surface area contributed by atoms with Gasteiger partial charge in [0, 0.05) is 11.1 Å². The third-order valence-corrected chi connectivity index (χ3v) is 4.51. The largest absolute Gasteiger partial charge is 0.279 e. The van der Waals surface area contributed by atoms with Gasteiger partial charge in [-0.05, 0) is 18.6 Å². The lowest BCUT2D eigenvalue weighted by molar-refractivity contribution is 0.600. The summed E-state index contributed by atoms with van der Waals surface area (Å²) in [6, 6.07) is 13.0. The summed E-state index contributed by atoms with van der Waals surface area (Å²) < 4.78 is 26.9. The van der Waals surface area contributed by atoms with Gasteiger partial charge in [-0.15, -0.1) is 0 Å². The first-order chi connectivity index (χ1) is 8.09. The van der Waals surface area contributed by atoms with Crippen LogP contribution in [0.2, 0.25) is 0 Å². The number of para-hydroxylation sites is 1. The molecule has 3 nitrogen and oxygen atoms in total. The molecule has 1 N–H and O–H groups in total. The Morgan fingerprint density at radius 1 is 0.941 bits per heavy atom. The number of rotatable bonds is 0. The van der Waals surface area contributed by atoms with Crippen molar-refractivity contribution < 1.29 is 8.42 Å². The summed E-state index contributed by atoms with van der Waals surface area (Å²) in [7, 11) is -3.44. The first-order valence-corrected chi connectivity index (χ1v) is 6.80. The van der Waals surface area contributed by atoms with Crippen LogP contribution < -0.4 is 4.72 Å². The highest BCUT2D eigenvalue weighted by Crippen LogP contribution is 2.39. The normalized spacial score (nSPS) is 15.6. The number of anilines is 1. The lowest BCUT2D eigenvalue weighted by Crippen LogP contribution is -2.19. The molecular weight excluding hydrogens is 234 g/mol. The first-order valence-electron chi connectivity index (χ1n) is 5.31. The van der Waals surface area contributed by atoms with Crippen LogP contribution in [0, 0.1) is 6.92 Å². The van der Waals surface area contributed by atoms with Gasteiger partial charge in [-0.2, -0.15) is 0 Å². The SMILES string of the molecule is Cc1cccc2c1S(=O)(=O)Nc1ccccc1-2. The molecule has 0 spiro atoms. The van der Waals surface area contributed by atoms with Crippen molar-refractivity contribution in [2.75, 3.05) is 4.72 Å². The average Bonchev–Trinajstić information content (AvgIpc) is 2.28. The fraction of sp³-hybridized carbons (Fsp3) is 0.0769.